The Balaban J connectivity index is 2.13. The van der Waals surface area contributed by atoms with Gasteiger partial charge in [0.15, 0.2) is 24.2 Å². The van der Waals surface area contributed by atoms with Crippen molar-refractivity contribution in [1.82, 2.24) is 0 Å². The number of esters is 1. The molecule has 192 valence electrons. The first-order chi connectivity index (χ1) is 16.9. The van der Waals surface area contributed by atoms with E-state index in [1.165, 1.54) is 25.1 Å². The molecule has 2 aliphatic rings. The summed E-state index contributed by atoms with van der Waals surface area (Å²) in [5, 5.41) is 0. The van der Waals surface area contributed by atoms with Crippen molar-refractivity contribution in [3.05, 3.63) is 41.0 Å². The number of allylic oxidation sites excluding steroid dienone is 1. The highest BCUT2D eigenvalue weighted by molar-refractivity contribution is 6.60. The van der Waals surface area contributed by atoms with Gasteiger partial charge in [-0.1, -0.05) is 18.2 Å². The number of carbonyl (C=O) groups is 3. The van der Waals surface area contributed by atoms with Gasteiger partial charge in [0.2, 0.25) is 7.85 Å². The molecule has 1 aromatic rings. The summed E-state index contributed by atoms with van der Waals surface area (Å²) < 4.78 is 28.3. The number of methoxy groups -OCH3 is 1. The third-order valence-electron chi connectivity index (χ3n) is 6.09. The lowest BCUT2D eigenvalue weighted by molar-refractivity contribution is -0.154. The molecule has 2 radical (unpaired) electrons. The molecule has 0 bridgehead atoms. The highest BCUT2D eigenvalue weighted by Crippen LogP contribution is 2.34. The standard InChI is InChI=1S/C26H32BNO8/c1-15-10-11-19(29)23-20(35-26(3,4)36-23)9-7-8-17-12-18(28(5)25(27)31)13-21(33-14-32-6)22(17)24(30)34-16(15)2/h7-8,10,12-13,16,20,23H,9,11,14H2,1-6H3/t16-,20-,23?/m0/s1. The van der Waals surface area contributed by atoms with Crippen LogP contribution in [-0.4, -0.2) is 70.5 Å². The van der Waals surface area contributed by atoms with Crippen LogP contribution in [0.1, 0.15) is 56.5 Å². The average Bonchev–Trinajstić information content (AvgIpc) is 3.13. The Hall–Kier alpha value is -2.95. The molecule has 2 heterocycles. The normalized spacial score (nSPS) is 24.2. The molecule has 9 nitrogen and oxygen atoms in total. The van der Waals surface area contributed by atoms with Gasteiger partial charge in [-0.15, -0.1) is 0 Å². The Morgan fingerprint density at radius 3 is 2.64 bits per heavy atom. The molecule has 10 heteroatoms. The van der Waals surface area contributed by atoms with Crippen molar-refractivity contribution in [1.29, 1.82) is 0 Å². The number of Topliss-reactive ketones (excluding diaryl/α,β-unsaturated/α-hetero) is 1. The molecule has 0 aliphatic carbocycles. The van der Waals surface area contributed by atoms with Crippen LogP contribution in [0, 0.1) is 0 Å². The third kappa shape index (κ3) is 6.43. The summed E-state index contributed by atoms with van der Waals surface area (Å²) in [6, 6.07) is 3.16. The lowest BCUT2D eigenvalue weighted by Crippen LogP contribution is -2.31. The smallest absolute Gasteiger partial charge is 0.343 e. The number of ether oxygens (including phenoxy) is 5. The molecule has 3 atom stereocenters. The number of carbonyl (C=O) groups excluding carboxylic acids is 3. The second-order valence-electron chi connectivity index (χ2n) is 9.26. The number of fused-ring (bicyclic) bond motifs is 2. The molecule has 36 heavy (non-hydrogen) atoms. The fourth-order valence-electron chi connectivity index (χ4n) is 3.99. The van der Waals surface area contributed by atoms with E-state index in [0.717, 1.165) is 0 Å². The molecular weight excluding hydrogens is 465 g/mol. The number of amides is 1. The third-order valence-corrected chi connectivity index (χ3v) is 6.09. The molecule has 0 saturated carbocycles. The maximum atomic E-state index is 13.3. The summed E-state index contributed by atoms with van der Waals surface area (Å²) in [7, 11) is 8.43. The minimum atomic E-state index is -0.908. The molecule has 1 aromatic carbocycles. The molecule has 1 amide bonds. The van der Waals surface area contributed by atoms with Gasteiger partial charge < -0.3 is 28.6 Å². The number of nitrogens with zero attached hydrogens (tertiary/aromatic N) is 1. The number of ketones is 1. The van der Waals surface area contributed by atoms with E-state index in [2.05, 4.69) is 0 Å². The molecule has 0 aromatic heterocycles. The Kier molecular flexibility index (Phi) is 8.76. The first kappa shape index (κ1) is 27.6. The fourth-order valence-corrected chi connectivity index (χ4v) is 3.99. The highest BCUT2D eigenvalue weighted by atomic mass is 16.8. The molecule has 2 aliphatic heterocycles. The van der Waals surface area contributed by atoms with Crippen LogP contribution >= 0.6 is 0 Å². The Morgan fingerprint density at radius 1 is 1.25 bits per heavy atom. The van der Waals surface area contributed by atoms with Gasteiger partial charge in [-0.05, 0) is 51.3 Å². The molecule has 1 saturated heterocycles. The van der Waals surface area contributed by atoms with E-state index in [9.17, 15) is 14.4 Å². The predicted molar refractivity (Wildman–Crippen MR) is 134 cm³/mol. The van der Waals surface area contributed by atoms with Gasteiger partial charge in [0.25, 0.3) is 0 Å². The van der Waals surface area contributed by atoms with E-state index in [4.69, 9.17) is 31.5 Å². The van der Waals surface area contributed by atoms with E-state index >= 15 is 0 Å². The number of benzene rings is 1. The predicted octanol–water partition coefficient (Wildman–Crippen LogP) is 3.78. The van der Waals surface area contributed by atoms with Gasteiger partial charge in [0.05, 0.1) is 6.10 Å². The molecular formula is C26H32BNO8. The first-order valence-electron chi connectivity index (χ1n) is 11.7. The summed E-state index contributed by atoms with van der Waals surface area (Å²) in [6.45, 7) is 6.91. The van der Waals surface area contributed by atoms with Gasteiger partial charge in [-0.3, -0.25) is 9.59 Å². The van der Waals surface area contributed by atoms with Crippen molar-refractivity contribution in [2.75, 3.05) is 25.9 Å². The highest BCUT2D eigenvalue weighted by Gasteiger charge is 2.44. The van der Waals surface area contributed by atoms with E-state index in [0.29, 0.717) is 23.2 Å². The number of anilines is 1. The van der Waals surface area contributed by atoms with Gasteiger partial charge in [0, 0.05) is 32.3 Å². The van der Waals surface area contributed by atoms with E-state index in [1.54, 1.807) is 52.0 Å². The second kappa shape index (κ2) is 11.4. The quantitative estimate of drug-likeness (QED) is 0.268. The minimum Gasteiger partial charge on any atom is -0.467 e. The van der Waals surface area contributed by atoms with Crippen LogP contribution in [0.4, 0.5) is 10.5 Å². The number of cyclic esters (lactones) is 1. The van der Waals surface area contributed by atoms with Gasteiger partial charge in [-0.2, -0.15) is 0 Å². The molecule has 0 N–H and O–H groups in total. The van der Waals surface area contributed by atoms with Gasteiger partial charge in [0.1, 0.15) is 23.5 Å². The van der Waals surface area contributed by atoms with Crippen molar-refractivity contribution in [2.24, 2.45) is 0 Å². The van der Waals surface area contributed by atoms with E-state index in [-0.39, 0.29) is 30.3 Å². The molecule has 3 rings (SSSR count). The minimum absolute atomic E-state index is 0.116. The van der Waals surface area contributed by atoms with Crippen LogP contribution in [0.2, 0.25) is 0 Å². The van der Waals surface area contributed by atoms with Crippen molar-refractivity contribution < 1.29 is 38.1 Å². The second-order valence-corrected chi connectivity index (χ2v) is 9.26. The maximum absolute atomic E-state index is 13.3. The Labute approximate surface area is 212 Å². The summed E-state index contributed by atoms with van der Waals surface area (Å²) in [6.07, 6.45) is 3.84. The topological polar surface area (TPSA) is 101 Å². The Bertz CT molecular complexity index is 1080. The van der Waals surface area contributed by atoms with Crippen molar-refractivity contribution >= 4 is 37.2 Å². The van der Waals surface area contributed by atoms with Gasteiger partial charge in [-0.25, -0.2) is 4.79 Å². The summed E-state index contributed by atoms with van der Waals surface area (Å²) in [5.74, 6) is -2.17. The fraction of sp³-hybridized carbons (Fsp3) is 0.500. The van der Waals surface area contributed by atoms with Crippen molar-refractivity contribution in [2.45, 2.75) is 64.6 Å². The van der Waals surface area contributed by atoms with Crippen molar-refractivity contribution in [3.8, 4) is 5.75 Å². The van der Waals surface area contributed by atoms with E-state index < -0.39 is 35.9 Å². The summed E-state index contributed by atoms with van der Waals surface area (Å²) >= 11 is 0. The van der Waals surface area contributed by atoms with Crippen LogP contribution in [0.3, 0.4) is 0 Å². The SMILES string of the molecule is [B]C(=O)N(C)c1cc2c(c(OCOC)c1)C(=O)O[C@@H](C)C(C)=CCC(=O)C1OC(C)(C)O[C@H]1CC=C2. The van der Waals surface area contributed by atoms with Crippen molar-refractivity contribution in [3.63, 3.8) is 0 Å². The number of hydrogen-bond donors (Lipinski definition) is 0. The first-order valence-corrected chi connectivity index (χ1v) is 11.7. The zero-order chi connectivity index (χ0) is 26.6. The Morgan fingerprint density at radius 2 is 1.97 bits per heavy atom. The van der Waals surface area contributed by atoms with Gasteiger partial charge >= 0.3 is 5.97 Å². The van der Waals surface area contributed by atoms with E-state index in [1.807, 2.05) is 0 Å². The molecule has 1 fully saturated rings. The largest absolute Gasteiger partial charge is 0.467 e. The number of hydrogen-bond acceptors (Lipinski definition) is 8. The number of rotatable bonds is 4. The van der Waals surface area contributed by atoms with Crippen LogP contribution in [0.5, 0.6) is 5.75 Å². The monoisotopic (exact) mass is 497 g/mol. The zero-order valence-electron chi connectivity index (χ0n) is 21.5. The molecule has 1 unspecified atom stereocenters. The zero-order valence-corrected chi connectivity index (χ0v) is 21.5. The lowest BCUT2D eigenvalue weighted by atomic mass is 9.99. The van der Waals surface area contributed by atoms with Crippen LogP contribution in [0.25, 0.3) is 6.08 Å². The maximum Gasteiger partial charge on any atom is 0.343 e. The van der Waals surface area contributed by atoms with Crippen LogP contribution in [0.15, 0.2) is 29.9 Å². The molecule has 0 spiro atoms. The van der Waals surface area contributed by atoms with Crippen LogP contribution in [-0.2, 0) is 23.7 Å². The van der Waals surface area contributed by atoms with Crippen LogP contribution < -0.4 is 9.64 Å². The average molecular weight is 497 g/mol. The summed E-state index contributed by atoms with van der Waals surface area (Å²) in [5.41, 5.74) is 1.72. The summed E-state index contributed by atoms with van der Waals surface area (Å²) in [4.78, 5) is 39.3. The lowest BCUT2D eigenvalue weighted by Gasteiger charge is -2.22.